The summed E-state index contributed by atoms with van der Waals surface area (Å²) in [5.74, 6) is 0. The van der Waals surface area contributed by atoms with Crippen LogP contribution in [0.4, 0.5) is 0 Å². The van der Waals surface area contributed by atoms with Gasteiger partial charge in [0.15, 0.2) is 9.84 Å². The minimum absolute atomic E-state index is 0.213. The number of nitrogens with zero attached hydrogens (tertiary/aromatic N) is 1. The summed E-state index contributed by atoms with van der Waals surface area (Å²) in [6.07, 6.45) is 4.01. The van der Waals surface area contributed by atoms with Crippen LogP contribution in [0.5, 0.6) is 0 Å². The third kappa shape index (κ3) is 2.02. The number of hydrogen-bond acceptors (Lipinski definition) is 4. The fourth-order valence-corrected chi connectivity index (χ4v) is 1.40. The number of aromatic nitrogens is 1. The molecule has 0 aromatic carbocycles. The summed E-state index contributed by atoms with van der Waals surface area (Å²) in [6, 6.07) is 1.53. The van der Waals surface area contributed by atoms with Crippen molar-refractivity contribution in [2.45, 2.75) is 11.4 Å². The second-order valence-electron chi connectivity index (χ2n) is 2.51. The third-order valence-electron chi connectivity index (χ3n) is 1.43. The van der Waals surface area contributed by atoms with Crippen LogP contribution in [-0.4, -0.2) is 19.7 Å². The third-order valence-corrected chi connectivity index (χ3v) is 2.51. The van der Waals surface area contributed by atoms with Crippen LogP contribution in [0.1, 0.15) is 5.56 Å². The van der Waals surface area contributed by atoms with Crippen molar-refractivity contribution in [3.8, 4) is 0 Å². The molecule has 0 bridgehead atoms. The monoisotopic (exact) mass is 186 g/mol. The SMILES string of the molecule is CS(=O)(=O)c1cncc(CN)c1. The lowest BCUT2D eigenvalue weighted by Crippen LogP contribution is -2.02. The predicted molar refractivity (Wildman–Crippen MR) is 45.2 cm³/mol. The van der Waals surface area contributed by atoms with E-state index in [2.05, 4.69) is 4.98 Å². The number of rotatable bonds is 2. The highest BCUT2D eigenvalue weighted by molar-refractivity contribution is 7.90. The van der Waals surface area contributed by atoms with E-state index in [-0.39, 0.29) is 4.90 Å². The Labute approximate surface area is 71.3 Å². The second kappa shape index (κ2) is 3.20. The summed E-state index contributed by atoms with van der Waals surface area (Å²) in [6.45, 7) is 0.302. The first-order valence-electron chi connectivity index (χ1n) is 3.38. The standard InChI is InChI=1S/C7H10N2O2S/c1-12(10,11)7-2-6(3-8)4-9-5-7/h2,4-5H,3,8H2,1H3. The van der Waals surface area contributed by atoms with Crippen LogP contribution >= 0.6 is 0 Å². The van der Waals surface area contributed by atoms with Crippen molar-refractivity contribution in [3.63, 3.8) is 0 Å². The van der Waals surface area contributed by atoms with Gasteiger partial charge in [-0.1, -0.05) is 0 Å². The summed E-state index contributed by atoms with van der Waals surface area (Å²) in [5, 5.41) is 0. The summed E-state index contributed by atoms with van der Waals surface area (Å²) < 4.78 is 22.0. The van der Waals surface area contributed by atoms with Gasteiger partial charge in [0.2, 0.25) is 0 Å². The molecule has 0 spiro atoms. The molecule has 1 rings (SSSR count). The van der Waals surface area contributed by atoms with Crippen molar-refractivity contribution in [1.82, 2.24) is 4.98 Å². The smallest absolute Gasteiger partial charge is 0.177 e. The van der Waals surface area contributed by atoms with Gasteiger partial charge in [-0.25, -0.2) is 8.42 Å². The minimum Gasteiger partial charge on any atom is -0.326 e. The van der Waals surface area contributed by atoms with E-state index in [0.717, 1.165) is 11.8 Å². The lowest BCUT2D eigenvalue weighted by atomic mass is 10.3. The van der Waals surface area contributed by atoms with Crippen molar-refractivity contribution >= 4 is 9.84 Å². The molecule has 0 atom stereocenters. The molecule has 12 heavy (non-hydrogen) atoms. The highest BCUT2D eigenvalue weighted by Gasteiger charge is 2.06. The average molecular weight is 186 g/mol. The largest absolute Gasteiger partial charge is 0.326 e. The van der Waals surface area contributed by atoms with Crippen LogP contribution in [0.3, 0.4) is 0 Å². The second-order valence-corrected chi connectivity index (χ2v) is 4.52. The molecule has 0 unspecified atom stereocenters. The Morgan fingerprint density at radius 2 is 2.17 bits per heavy atom. The fourth-order valence-electron chi connectivity index (χ4n) is 0.778. The highest BCUT2D eigenvalue weighted by atomic mass is 32.2. The van der Waals surface area contributed by atoms with Gasteiger partial charge in [0.25, 0.3) is 0 Å². The summed E-state index contributed by atoms with van der Waals surface area (Å²) in [7, 11) is -3.15. The van der Waals surface area contributed by atoms with Crippen molar-refractivity contribution in [1.29, 1.82) is 0 Å². The normalized spacial score (nSPS) is 11.5. The maximum absolute atomic E-state index is 11.0. The van der Waals surface area contributed by atoms with E-state index in [9.17, 15) is 8.42 Å². The van der Waals surface area contributed by atoms with Gasteiger partial charge in [0.1, 0.15) is 0 Å². The summed E-state index contributed by atoms with van der Waals surface area (Å²) in [5.41, 5.74) is 6.05. The van der Waals surface area contributed by atoms with Crippen molar-refractivity contribution in [3.05, 3.63) is 24.0 Å². The lowest BCUT2D eigenvalue weighted by Gasteiger charge is -1.99. The van der Waals surface area contributed by atoms with E-state index < -0.39 is 9.84 Å². The number of nitrogens with two attached hydrogens (primary N) is 1. The van der Waals surface area contributed by atoms with Gasteiger partial charge in [0.05, 0.1) is 4.90 Å². The number of pyridine rings is 1. The molecule has 1 heterocycles. The summed E-state index contributed by atoms with van der Waals surface area (Å²) >= 11 is 0. The first kappa shape index (κ1) is 9.15. The van der Waals surface area contributed by atoms with Crippen molar-refractivity contribution in [2.75, 3.05) is 6.26 Å². The van der Waals surface area contributed by atoms with Crippen LogP contribution in [0.15, 0.2) is 23.4 Å². The zero-order valence-corrected chi connectivity index (χ0v) is 7.50. The van der Waals surface area contributed by atoms with Gasteiger partial charge >= 0.3 is 0 Å². The van der Waals surface area contributed by atoms with E-state index in [0.29, 0.717) is 6.54 Å². The number of sulfone groups is 1. The Bertz CT molecular complexity index is 373. The van der Waals surface area contributed by atoms with Gasteiger partial charge in [-0.05, 0) is 11.6 Å². The minimum atomic E-state index is -3.15. The molecule has 1 aromatic heterocycles. The van der Waals surface area contributed by atoms with Crippen molar-refractivity contribution in [2.24, 2.45) is 5.73 Å². The molecule has 0 fully saturated rings. The Balaban J connectivity index is 3.20. The maximum Gasteiger partial charge on any atom is 0.177 e. The van der Waals surface area contributed by atoms with Crippen LogP contribution in [-0.2, 0) is 16.4 Å². The molecule has 66 valence electrons. The molecule has 0 aliphatic heterocycles. The van der Waals surface area contributed by atoms with Crippen LogP contribution < -0.4 is 5.73 Å². The molecule has 2 N–H and O–H groups in total. The van der Waals surface area contributed by atoms with Gasteiger partial charge in [-0.15, -0.1) is 0 Å². The van der Waals surface area contributed by atoms with E-state index in [1.54, 1.807) is 6.20 Å². The Morgan fingerprint density at radius 3 is 2.67 bits per heavy atom. The molecule has 0 saturated carbocycles. The zero-order chi connectivity index (χ0) is 9.19. The topological polar surface area (TPSA) is 73.0 Å². The molecule has 0 aliphatic carbocycles. The highest BCUT2D eigenvalue weighted by Crippen LogP contribution is 2.08. The van der Waals surface area contributed by atoms with Crippen molar-refractivity contribution < 1.29 is 8.42 Å². The van der Waals surface area contributed by atoms with Crippen LogP contribution in [0, 0.1) is 0 Å². The molecule has 5 heteroatoms. The molecule has 1 aromatic rings. The number of hydrogen-bond donors (Lipinski definition) is 1. The molecular formula is C7H10N2O2S. The summed E-state index contributed by atoms with van der Waals surface area (Å²) in [4.78, 5) is 3.98. The molecule has 0 radical (unpaired) electrons. The van der Waals surface area contributed by atoms with Crippen LogP contribution in [0.2, 0.25) is 0 Å². The Hall–Kier alpha value is -0.940. The maximum atomic E-state index is 11.0. The van der Waals surface area contributed by atoms with E-state index >= 15 is 0 Å². The van der Waals surface area contributed by atoms with Gasteiger partial charge in [-0.3, -0.25) is 4.98 Å². The molecular weight excluding hydrogens is 176 g/mol. The Morgan fingerprint density at radius 1 is 1.50 bits per heavy atom. The molecule has 0 saturated heterocycles. The van der Waals surface area contributed by atoms with Crippen LogP contribution in [0.25, 0.3) is 0 Å². The quantitative estimate of drug-likeness (QED) is 0.702. The molecule has 4 nitrogen and oxygen atoms in total. The van der Waals surface area contributed by atoms with E-state index in [4.69, 9.17) is 5.73 Å². The van der Waals surface area contributed by atoms with Gasteiger partial charge < -0.3 is 5.73 Å². The average Bonchev–Trinajstić information content (AvgIpc) is 2.03. The van der Waals surface area contributed by atoms with E-state index in [1.165, 1.54) is 12.3 Å². The Kier molecular flexibility index (Phi) is 2.44. The first-order valence-corrected chi connectivity index (χ1v) is 5.27. The first-order chi connectivity index (χ1) is 5.54. The predicted octanol–water partition coefficient (Wildman–Crippen LogP) is -0.0562. The van der Waals surface area contributed by atoms with Gasteiger partial charge in [-0.2, -0.15) is 0 Å². The molecule has 0 amide bonds. The lowest BCUT2D eigenvalue weighted by molar-refractivity contribution is 0.601. The fraction of sp³-hybridized carbons (Fsp3) is 0.286. The molecule has 0 aliphatic rings. The van der Waals surface area contributed by atoms with Gasteiger partial charge in [0, 0.05) is 25.2 Å². The zero-order valence-electron chi connectivity index (χ0n) is 6.69. The van der Waals surface area contributed by atoms with E-state index in [1.807, 2.05) is 0 Å².